The lowest BCUT2D eigenvalue weighted by atomic mass is 9.92. The van der Waals surface area contributed by atoms with E-state index >= 15 is 0 Å². The van der Waals surface area contributed by atoms with Crippen molar-refractivity contribution in [1.82, 2.24) is 0 Å². The molecule has 0 radical (unpaired) electrons. The summed E-state index contributed by atoms with van der Waals surface area (Å²) in [6.07, 6.45) is 9.12. The summed E-state index contributed by atoms with van der Waals surface area (Å²) in [7, 11) is 1.72. The van der Waals surface area contributed by atoms with Crippen LogP contribution in [-0.2, 0) is 0 Å². The molecule has 2 unspecified atom stereocenters. The highest BCUT2D eigenvalue weighted by molar-refractivity contribution is 8.03. The molecule has 1 aromatic carbocycles. The van der Waals surface area contributed by atoms with Crippen molar-refractivity contribution in [3.05, 3.63) is 41.3 Å². The molecule has 1 heterocycles. The monoisotopic (exact) mass is 276 g/mol. The summed E-state index contributed by atoms with van der Waals surface area (Å²) in [5.74, 6) is 1.52. The molecule has 104 valence electrons. The molecule has 0 spiro atoms. The third kappa shape index (κ3) is 4.04. The van der Waals surface area contributed by atoms with E-state index in [2.05, 4.69) is 42.7 Å². The third-order valence-electron chi connectivity index (χ3n) is 3.78. The first kappa shape index (κ1) is 14.5. The average molecular weight is 276 g/mol. The predicted molar refractivity (Wildman–Crippen MR) is 85.0 cm³/mol. The zero-order chi connectivity index (χ0) is 13.5. The molecule has 2 heteroatoms. The molecule has 0 bridgehead atoms. The lowest BCUT2D eigenvalue weighted by molar-refractivity contribution is 0.414. The molecule has 19 heavy (non-hydrogen) atoms. The maximum Gasteiger partial charge on any atom is 0.118 e. The van der Waals surface area contributed by atoms with Gasteiger partial charge in [0.1, 0.15) is 5.75 Å². The van der Waals surface area contributed by atoms with Crippen molar-refractivity contribution in [2.24, 2.45) is 0 Å². The van der Waals surface area contributed by atoms with Crippen LogP contribution < -0.4 is 4.74 Å². The number of methoxy groups -OCH3 is 1. The van der Waals surface area contributed by atoms with Crippen molar-refractivity contribution < 1.29 is 4.74 Å². The number of hydrogen-bond acceptors (Lipinski definition) is 2. The van der Waals surface area contributed by atoms with E-state index in [-0.39, 0.29) is 0 Å². The van der Waals surface area contributed by atoms with Gasteiger partial charge in [-0.3, -0.25) is 0 Å². The van der Waals surface area contributed by atoms with E-state index in [0.29, 0.717) is 5.92 Å². The fourth-order valence-corrected chi connectivity index (χ4v) is 3.79. The van der Waals surface area contributed by atoms with Gasteiger partial charge in [-0.1, -0.05) is 50.8 Å². The van der Waals surface area contributed by atoms with Gasteiger partial charge in [-0.05, 0) is 29.5 Å². The number of unbranched alkanes of at least 4 members (excludes halogenated alkanes) is 3. The van der Waals surface area contributed by atoms with Gasteiger partial charge in [0, 0.05) is 11.2 Å². The van der Waals surface area contributed by atoms with E-state index in [1.54, 1.807) is 7.11 Å². The van der Waals surface area contributed by atoms with Gasteiger partial charge in [-0.25, -0.2) is 0 Å². The van der Waals surface area contributed by atoms with Crippen LogP contribution in [0.4, 0.5) is 0 Å². The van der Waals surface area contributed by atoms with Gasteiger partial charge < -0.3 is 4.74 Å². The van der Waals surface area contributed by atoms with Crippen LogP contribution in [0.5, 0.6) is 5.75 Å². The quantitative estimate of drug-likeness (QED) is 0.618. The molecule has 0 amide bonds. The van der Waals surface area contributed by atoms with Gasteiger partial charge in [0.25, 0.3) is 0 Å². The summed E-state index contributed by atoms with van der Waals surface area (Å²) < 4.78 is 5.23. The number of hydrogen-bond donors (Lipinski definition) is 0. The number of benzene rings is 1. The Labute approximate surface area is 121 Å². The van der Waals surface area contributed by atoms with Crippen molar-refractivity contribution in [2.45, 2.75) is 50.2 Å². The van der Waals surface area contributed by atoms with Gasteiger partial charge in [0.15, 0.2) is 0 Å². The Kier molecular flexibility index (Phi) is 5.84. The zero-order valence-electron chi connectivity index (χ0n) is 12.0. The minimum atomic E-state index is 0.581. The summed E-state index contributed by atoms with van der Waals surface area (Å²) >= 11 is 2.00. The normalized spacial score (nSPS) is 21.8. The molecule has 0 aromatic heterocycles. The first-order valence-corrected chi connectivity index (χ1v) is 8.25. The largest absolute Gasteiger partial charge is 0.497 e. The van der Waals surface area contributed by atoms with Gasteiger partial charge in [-0.2, -0.15) is 0 Å². The molecule has 1 aliphatic heterocycles. The number of thioether (sulfide) groups is 1. The maximum atomic E-state index is 5.23. The van der Waals surface area contributed by atoms with Crippen LogP contribution in [0, 0.1) is 0 Å². The van der Waals surface area contributed by atoms with E-state index in [4.69, 9.17) is 4.74 Å². The van der Waals surface area contributed by atoms with Crippen LogP contribution in [0.25, 0.3) is 0 Å². The van der Waals surface area contributed by atoms with E-state index in [1.807, 2.05) is 11.8 Å². The van der Waals surface area contributed by atoms with Crippen LogP contribution in [0.1, 0.15) is 50.5 Å². The Balaban J connectivity index is 1.91. The van der Waals surface area contributed by atoms with E-state index in [0.717, 1.165) is 11.0 Å². The Morgan fingerprint density at radius 3 is 2.58 bits per heavy atom. The highest BCUT2D eigenvalue weighted by atomic mass is 32.2. The van der Waals surface area contributed by atoms with Gasteiger partial charge in [0.2, 0.25) is 0 Å². The Hall–Kier alpha value is -0.890. The Morgan fingerprint density at radius 2 is 1.89 bits per heavy atom. The van der Waals surface area contributed by atoms with Crippen LogP contribution in [-0.4, -0.2) is 12.4 Å². The van der Waals surface area contributed by atoms with Crippen LogP contribution in [0.15, 0.2) is 35.7 Å². The second-order valence-corrected chi connectivity index (χ2v) is 6.30. The third-order valence-corrected chi connectivity index (χ3v) is 4.98. The van der Waals surface area contributed by atoms with Crippen LogP contribution in [0.3, 0.4) is 0 Å². The minimum Gasteiger partial charge on any atom is -0.497 e. The van der Waals surface area contributed by atoms with E-state index in [9.17, 15) is 0 Å². The van der Waals surface area contributed by atoms with Gasteiger partial charge in [-0.15, -0.1) is 11.8 Å². The highest BCUT2D eigenvalue weighted by Gasteiger charge is 2.24. The summed E-state index contributed by atoms with van der Waals surface area (Å²) in [6, 6.07) is 8.55. The summed E-state index contributed by atoms with van der Waals surface area (Å²) in [5, 5.41) is 3.00. The topological polar surface area (TPSA) is 9.23 Å². The fourth-order valence-electron chi connectivity index (χ4n) is 2.61. The second kappa shape index (κ2) is 7.64. The first-order chi connectivity index (χ1) is 9.35. The van der Waals surface area contributed by atoms with E-state index in [1.165, 1.54) is 37.7 Å². The smallest absolute Gasteiger partial charge is 0.118 e. The molecule has 0 saturated carbocycles. The molecular weight excluding hydrogens is 252 g/mol. The first-order valence-electron chi connectivity index (χ1n) is 7.31. The molecular formula is C17H24OS. The summed E-state index contributed by atoms with van der Waals surface area (Å²) in [6.45, 7) is 2.27. The van der Waals surface area contributed by atoms with E-state index < -0.39 is 0 Å². The fraction of sp³-hybridized carbons (Fsp3) is 0.529. The highest BCUT2D eigenvalue weighted by Crippen LogP contribution is 2.40. The average Bonchev–Trinajstić information content (AvgIpc) is 2.92. The maximum absolute atomic E-state index is 5.23. The lowest BCUT2D eigenvalue weighted by Crippen LogP contribution is -2.09. The molecule has 0 aliphatic carbocycles. The molecule has 1 nitrogen and oxygen atoms in total. The second-order valence-electron chi connectivity index (χ2n) is 5.15. The molecule has 0 fully saturated rings. The van der Waals surface area contributed by atoms with Crippen molar-refractivity contribution in [3.63, 3.8) is 0 Å². The molecule has 2 rings (SSSR count). The lowest BCUT2D eigenvalue weighted by Gasteiger charge is -2.19. The Morgan fingerprint density at radius 1 is 1.11 bits per heavy atom. The number of rotatable bonds is 7. The number of allylic oxidation sites excluding steroid dienone is 1. The van der Waals surface area contributed by atoms with Crippen molar-refractivity contribution in [2.75, 3.05) is 7.11 Å². The standard InChI is InChI=1S/C17H24OS/c1-3-4-5-6-7-17-16(12-13-19-17)14-8-10-15(18-2)11-9-14/h8-13,16-17H,3-7H2,1-2H3. The summed E-state index contributed by atoms with van der Waals surface area (Å²) in [5.41, 5.74) is 1.42. The van der Waals surface area contributed by atoms with Crippen LogP contribution >= 0.6 is 11.8 Å². The summed E-state index contributed by atoms with van der Waals surface area (Å²) in [4.78, 5) is 0. The predicted octanol–water partition coefficient (Wildman–Crippen LogP) is 5.38. The van der Waals surface area contributed by atoms with Gasteiger partial charge in [0.05, 0.1) is 7.11 Å². The molecule has 1 aromatic rings. The minimum absolute atomic E-state index is 0.581. The van der Waals surface area contributed by atoms with Crippen molar-refractivity contribution in [3.8, 4) is 5.75 Å². The van der Waals surface area contributed by atoms with Crippen molar-refractivity contribution >= 4 is 11.8 Å². The number of ether oxygens (including phenoxy) is 1. The van der Waals surface area contributed by atoms with Crippen LogP contribution in [0.2, 0.25) is 0 Å². The molecule has 1 aliphatic rings. The molecule has 2 atom stereocenters. The SMILES string of the molecule is CCCCCCC1SC=CC1c1ccc(OC)cc1. The van der Waals surface area contributed by atoms with Crippen molar-refractivity contribution in [1.29, 1.82) is 0 Å². The Bertz CT molecular complexity index is 396. The molecule has 0 N–H and O–H groups in total. The zero-order valence-corrected chi connectivity index (χ0v) is 12.8. The molecule has 0 saturated heterocycles. The van der Waals surface area contributed by atoms with Gasteiger partial charge >= 0.3 is 0 Å².